The molecular weight excluding hydrogens is 208 g/mol. The summed E-state index contributed by atoms with van der Waals surface area (Å²) in [7, 11) is 3.75. The van der Waals surface area contributed by atoms with Crippen LogP contribution in [0.5, 0.6) is 0 Å². The lowest BCUT2D eigenvalue weighted by molar-refractivity contribution is 0.189. The smallest absolute Gasteiger partial charge is 0.0900 e. The van der Waals surface area contributed by atoms with E-state index in [1.807, 2.05) is 7.05 Å². The van der Waals surface area contributed by atoms with Gasteiger partial charge in [0.05, 0.1) is 10.7 Å². The Kier molecular flexibility index (Phi) is 5.22. The molecule has 0 aromatic carbocycles. The largest absolute Gasteiger partial charge is 0.385 e. The molecule has 1 heterocycles. The zero-order chi connectivity index (χ0) is 11.3. The van der Waals surface area contributed by atoms with Gasteiger partial charge in [-0.3, -0.25) is 0 Å². The Hall–Kier alpha value is -0.450. The van der Waals surface area contributed by atoms with Crippen LogP contribution in [0.4, 0.5) is 0 Å². The quantitative estimate of drug-likeness (QED) is 0.759. The summed E-state index contributed by atoms with van der Waals surface area (Å²) in [5.74, 6) is 0. The Labute approximate surface area is 95.9 Å². The van der Waals surface area contributed by atoms with Gasteiger partial charge in [0.1, 0.15) is 0 Å². The molecule has 1 atom stereocenters. The van der Waals surface area contributed by atoms with Gasteiger partial charge >= 0.3 is 0 Å². The Morgan fingerprint density at radius 3 is 2.67 bits per heavy atom. The molecule has 0 aliphatic heterocycles. The lowest BCUT2D eigenvalue weighted by Crippen LogP contribution is -2.16. The summed E-state index contributed by atoms with van der Waals surface area (Å²) < 4.78 is 5.07. The van der Waals surface area contributed by atoms with Gasteiger partial charge in [-0.1, -0.05) is 0 Å². The van der Waals surface area contributed by atoms with Crippen LogP contribution < -0.4 is 5.32 Å². The highest BCUT2D eigenvalue weighted by Crippen LogP contribution is 2.27. The van der Waals surface area contributed by atoms with E-state index in [-0.39, 0.29) is 0 Å². The number of hydrogen-bond donors (Lipinski definition) is 1. The van der Waals surface area contributed by atoms with Crippen molar-refractivity contribution in [3.63, 3.8) is 0 Å². The summed E-state index contributed by atoms with van der Waals surface area (Å²) in [6.45, 7) is 4.97. The maximum absolute atomic E-state index is 5.07. The highest BCUT2D eigenvalue weighted by molar-refractivity contribution is 7.11. The molecule has 0 amide bonds. The molecule has 0 fully saturated rings. The zero-order valence-corrected chi connectivity index (χ0v) is 10.8. The van der Waals surface area contributed by atoms with Crippen molar-refractivity contribution in [2.24, 2.45) is 0 Å². The Morgan fingerprint density at radius 2 is 2.20 bits per heavy atom. The molecule has 0 spiro atoms. The van der Waals surface area contributed by atoms with Gasteiger partial charge in [-0.15, -0.1) is 11.3 Å². The van der Waals surface area contributed by atoms with E-state index in [1.54, 1.807) is 18.4 Å². The van der Waals surface area contributed by atoms with Crippen molar-refractivity contribution in [3.05, 3.63) is 15.6 Å². The summed E-state index contributed by atoms with van der Waals surface area (Å²) >= 11 is 1.79. The average molecular weight is 228 g/mol. The van der Waals surface area contributed by atoms with Gasteiger partial charge in [-0.05, 0) is 33.7 Å². The number of nitrogens with one attached hydrogen (secondary N) is 1. The third-order valence-corrected chi connectivity index (χ3v) is 3.63. The fraction of sp³-hybridized carbons (Fsp3) is 0.727. The first kappa shape index (κ1) is 12.6. The minimum absolute atomic E-state index is 0.423. The van der Waals surface area contributed by atoms with Crippen molar-refractivity contribution >= 4 is 11.3 Å². The molecule has 1 N–H and O–H groups in total. The molecule has 1 aromatic rings. The van der Waals surface area contributed by atoms with Crippen LogP contribution in [0.25, 0.3) is 0 Å². The van der Waals surface area contributed by atoms with Gasteiger partial charge < -0.3 is 10.1 Å². The van der Waals surface area contributed by atoms with Gasteiger partial charge in [0.15, 0.2) is 0 Å². The first-order valence-corrected chi connectivity index (χ1v) is 6.10. The van der Waals surface area contributed by atoms with E-state index in [0.717, 1.165) is 30.2 Å². The van der Waals surface area contributed by atoms with Crippen LogP contribution in [-0.2, 0) is 4.74 Å². The summed E-state index contributed by atoms with van der Waals surface area (Å²) in [4.78, 5) is 5.82. The van der Waals surface area contributed by atoms with Crippen LogP contribution in [0.3, 0.4) is 0 Å². The monoisotopic (exact) mass is 228 g/mol. The van der Waals surface area contributed by atoms with Crippen molar-refractivity contribution in [1.82, 2.24) is 10.3 Å². The number of rotatable bonds is 6. The van der Waals surface area contributed by atoms with E-state index in [1.165, 1.54) is 4.88 Å². The Bertz CT molecular complexity index is 299. The molecule has 1 unspecified atom stereocenters. The number of methoxy groups -OCH3 is 1. The fourth-order valence-electron chi connectivity index (χ4n) is 1.71. The van der Waals surface area contributed by atoms with Crippen molar-refractivity contribution in [2.45, 2.75) is 32.7 Å². The molecule has 0 saturated carbocycles. The van der Waals surface area contributed by atoms with Gasteiger partial charge in [-0.2, -0.15) is 0 Å². The van der Waals surface area contributed by atoms with E-state index >= 15 is 0 Å². The van der Waals surface area contributed by atoms with E-state index < -0.39 is 0 Å². The molecular formula is C11H20N2OS. The van der Waals surface area contributed by atoms with Crippen molar-refractivity contribution in [2.75, 3.05) is 20.8 Å². The van der Waals surface area contributed by atoms with Crippen LogP contribution >= 0.6 is 11.3 Å². The second kappa shape index (κ2) is 6.20. The van der Waals surface area contributed by atoms with Crippen molar-refractivity contribution in [1.29, 1.82) is 0 Å². The lowest BCUT2D eigenvalue weighted by atomic mass is 10.1. The third-order valence-electron chi connectivity index (χ3n) is 2.45. The molecule has 0 saturated heterocycles. The normalized spacial score (nSPS) is 13.1. The van der Waals surface area contributed by atoms with Crippen LogP contribution in [0.1, 0.15) is 34.5 Å². The standard InChI is InChI=1S/C11H20N2OS/c1-8-11(15-9(2)13-8)10(12-3)6-5-7-14-4/h10,12H,5-7H2,1-4H3. The number of aromatic nitrogens is 1. The lowest BCUT2D eigenvalue weighted by Gasteiger charge is -2.14. The van der Waals surface area contributed by atoms with E-state index in [2.05, 4.69) is 24.1 Å². The Balaban J connectivity index is 2.61. The second-order valence-electron chi connectivity index (χ2n) is 3.66. The number of aryl methyl sites for hydroxylation is 2. The predicted molar refractivity (Wildman–Crippen MR) is 64.5 cm³/mol. The SMILES string of the molecule is CNC(CCCOC)c1sc(C)nc1C. The average Bonchev–Trinajstić information content (AvgIpc) is 2.53. The third kappa shape index (κ3) is 3.55. The Morgan fingerprint density at radius 1 is 1.47 bits per heavy atom. The van der Waals surface area contributed by atoms with Gasteiger partial charge in [0.25, 0.3) is 0 Å². The predicted octanol–water partition coefficient (Wildman–Crippen LogP) is 2.45. The molecule has 86 valence electrons. The molecule has 0 aliphatic rings. The molecule has 3 nitrogen and oxygen atoms in total. The van der Waals surface area contributed by atoms with Crippen LogP contribution in [0, 0.1) is 13.8 Å². The van der Waals surface area contributed by atoms with E-state index in [4.69, 9.17) is 4.74 Å². The van der Waals surface area contributed by atoms with Crippen molar-refractivity contribution in [3.8, 4) is 0 Å². The molecule has 0 bridgehead atoms. The first-order chi connectivity index (χ1) is 7.19. The van der Waals surface area contributed by atoms with E-state index in [9.17, 15) is 0 Å². The number of thiazole rings is 1. The van der Waals surface area contributed by atoms with Crippen molar-refractivity contribution < 1.29 is 4.74 Å². The van der Waals surface area contributed by atoms with Crippen LogP contribution in [0.15, 0.2) is 0 Å². The summed E-state index contributed by atoms with van der Waals surface area (Å²) in [6.07, 6.45) is 2.19. The van der Waals surface area contributed by atoms with Gasteiger partial charge in [-0.25, -0.2) is 4.98 Å². The summed E-state index contributed by atoms with van der Waals surface area (Å²) in [5.41, 5.74) is 1.16. The first-order valence-electron chi connectivity index (χ1n) is 5.29. The fourth-order valence-corrected chi connectivity index (χ4v) is 2.78. The number of hydrogen-bond acceptors (Lipinski definition) is 4. The summed E-state index contributed by atoms with van der Waals surface area (Å²) in [5, 5.41) is 4.49. The van der Waals surface area contributed by atoms with Gasteiger partial charge in [0, 0.05) is 24.6 Å². The highest BCUT2D eigenvalue weighted by atomic mass is 32.1. The maximum Gasteiger partial charge on any atom is 0.0900 e. The molecule has 15 heavy (non-hydrogen) atoms. The number of nitrogens with zero attached hydrogens (tertiary/aromatic N) is 1. The van der Waals surface area contributed by atoms with Crippen LogP contribution in [-0.4, -0.2) is 25.7 Å². The highest BCUT2D eigenvalue weighted by Gasteiger charge is 2.15. The number of ether oxygens (including phenoxy) is 1. The maximum atomic E-state index is 5.07. The molecule has 0 radical (unpaired) electrons. The second-order valence-corrected chi connectivity index (χ2v) is 4.89. The molecule has 4 heteroatoms. The summed E-state index contributed by atoms with van der Waals surface area (Å²) in [6, 6.07) is 0.423. The minimum atomic E-state index is 0.423. The minimum Gasteiger partial charge on any atom is -0.385 e. The topological polar surface area (TPSA) is 34.1 Å². The molecule has 0 aliphatic carbocycles. The van der Waals surface area contributed by atoms with E-state index in [0.29, 0.717) is 6.04 Å². The molecule has 1 rings (SSSR count). The molecule has 1 aromatic heterocycles. The van der Waals surface area contributed by atoms with Crippen LogP contribution in [0.2, 0.25) is 0 Å². The van der Waals surface area contributed by atoms with Gasteiger partial charge in [0.2, 0.25) is 0 Å². The zero-order valence-electron chi connectivity index (χ0n) is 9.96.